The number of aryl methyl sites for hydroxylation is 2. The highest BCUT2D eigenvalue weighted by atomic mass is 32.2. The number of benzene rings is 2. The first-order chi connectivity index (χ1) is 12.9. The SMILES string of the molecule is O=C(CCS(=O)(=O)c1ccc2c(c1)CCC2)N[C@H]1C[C@H]1c1ccc(F)cc1. The molecule has 2 atom stereocenters. The molecule has 6 heteroatoms. The average molecular weight is 387 g/mol. The Bertz CT molecular complexity index is 969. The number of hydrogen-bond acceptors (Lipinski definition) is 3. The number of hydrogen-bond donors (Lipinski definition) is 1. The van der Waals surface area contributed by atoms with Gasteiger partial charge in [-0.2, -0.15) is 0 Å². The van der Waals surface area contributed by atoms with Gasteiger partial charge >= 0.3 is 0 Å². The lowest BCUT2D eigenvalue weighted by Crippen LogP contribution is -2.28. The second kappa shape index (κ2) is 7.08. The summed E-state index contributed by atoms with van der Waals surface area (Å²) in [6.07, 6.45) is 3.75. The largest absolute Gasteiger partial charge is 0.353 e. The number of rotatable bonds is 6. The quantitative estimate of drug-likeness (QED) is 0.828. The van der Waals surface area contributed by atoms with Crippen LogP contribution in [0.5, 0.6) is 0 Å². The van der Waals surface area contributed by atoms with E-state index >= 15 is 0 Å². The first kappa shape index (κ1) is 18.2. The molecule has 2 aliphatic rings. The molecular formula is C21H22FNO3S. The highest BCUT2D eigenvalue weighted by Crippen LogP contribution is 2.40. The predicted octanol–water partition coefficient (Wildman–Crippen LogP) is 3.15. The van der Waals surface area contributed by atoms with Crippen LogP contribution in [0.2, 0.25) is 0 Å². The van der Waals surface area contributed by atoms with Gasteiger partial charge in [-0.3, -0.25) is 4.79 Å². The number of amides is 1. The molecule has 2 aromatic rings. The number of sulfone groups is 1. The summed E-state index contributed by atoms with van der Waals surface area (Å²) in [6.45, 7) is 0. The van der Waals surface area contributed by atoms with Gasteiger partial charge in [-0.05, 0) is 66.6 Å². The van der Waals surface area contributed by atoms with Crippen LogP contribution in [0.15, 0.2) is 47.4 Å². The minimum atomic E-state index is -3.47. The van der Waals surface area contributed by atoms with Crippen LogP contribution in [0, 0.1) is 5.82 Å². The second-order valence-electron chi connectivity index (χ2n) is 7.42. The molecule has 27 heavy (non-hydrogen) atoms. The van der Waals surface area contributed by atoms with Crippen molar-refractivity contribution in [1.29, 1.82) is 0 Å². The molecule has 142 valence electrons. The first-order valence-corrected chi connectivity index (χ1v) is 11.0. The van der Waals surface area contributed by atoms with Gasteiger partial charge in [-0.25, -0.2) is 12.8 Å². The van der Waals surface area contributed by atoms with Crippen LogP contribution in [0.3, 0.4) is 0 Å². The van der Waals surface area contributed by atoms with Crippen molar-refractivity contribution in [3.05, 3.63) is 65.0 Å². The minimum absolute atomic E-state index is 0.00524. The van der Waals surface area contributed by atoms with Crippen LogP contribution in [-0.2, 0) is 27.5 Å². The summed E-state index contributed by atoms with van der Waals surface area (Å²) in [5.41, 5.74) is 3.33. The van der Waals surface area contributed by atoms with E-state index in [0.717, 1.165) is 36.8 Å². The van der Waals surface area contributed by atoms with E-state index in [1.165, 1.54) is 17.7 Å². The maximum absolute atomic E-state index is 13.0. The Morgan fingerprint density at radius 3 is 2.59 bits per heavy atom. The third-order valence-corrected chi connectivity index (χ3v) is 7.18. The molecule has 0 bridgehead atoms. The molecule has 0 radical (unpaired) electrons. The Morgan fingerprint density at radius 1 is 1.07 bits per heavy atom. The molecule has 0 saturated heterocycles. The fraction of sp³-hybridized carbons (Fsp3) is 0.381. The summed E-state index contributed by atoms with van der Waals surface area (Å²) in [7, 11) is -3.47. The highest BCUT2D eigenvalue weighted by molar-refractivity contribution is 7.91. The summed E-state index contributed by atoms with van der Waals surface area (Å²) in [6, 6.07) is 11.6. The molecular weight excluding hydrogens is 365 g/mol. The molecule has 0 unspecified atom stereocenters. The lowest BCUT2D eigenvalue weighted by Gasteiger charge is -2.08. The zero-order chi connectivity index (χ0) is 19.0. The van der Waals surface area contributed by atoms with Crippen LogP contribution in [0.4, 0.5) is 4.39 Å². The topological polar surface area (TPSA) is 63.2 Å². The smallest absolute Gasteiger partial charge is 0.221 e. The van der Waals surface area contributed by atoms with E-state index < -0.39 is 9.84 Å². The van der Waals surface area contributed by atoms with Crippen molar-refractivity contribution in [1.82, 2.24) is 5.32 Å². The van der Waals surface area contributed by atoms with Crippen LogP contribution in [0.1, 0.15) is 41.9 Å². The molecule has 0 aromatic heterocycles. The predicted molar refractivity (Wildman–Crippen MR) is 101 cm³/mol. The van der Waals surface area contributed by atoms with Crippen molar-refractivity contribution in [3.8, 4) is 0 Å². The van der Waals surface area contributed by atoms with Gasteiger partial charge in [0, 0.05) is 18.4 Å². The van der Waals surface area contributed by atoms with Crippen molar-refractivity contribution < 1.29 is 17.6 Å². The van der Waals surface area contributed by atoms with E-state index in [-0.39, 0.29) is 35.9 Å². The van der Waals surface area contributed by atoms with E-state index in [1.807, 2.05) is 6.07 Å². The van der Waals surface area contributed by atoms with Crippen LogP contribution >= 0.6 is 0 Å². The van der Waals surface area contributed by atoms with Gasteiger partial charge in [0.25, 0.3) is 0 Å². The maximum Gasteiger partial charge on any atom is 0.221 e. The van der Waals surface area contributed by atoms with Crippen molar-refractivity contribution in [2.75, 3.05) is 5.75 Å². The normalized spacial score (nSPS) is 20.9. The summed E-state index contributed by atoms with van der Waals surface area (Å²) in [5, 5.41) is 2.89. The number of nitrogens with one attached hydrogen (secondary N) is 1. The summed E-state index contributed by atoms with van der Waals surface area (Å²) < 4.78 is 38.1. The van der Waals surface area contributed by atoms with Crippen LogP contribution < -0.4 is 5.32 Å². The molecule has 0 aliphatic heterocycles. The van der Waals surface area contributed by atoms with Gasteiger partial charge in [-0.1, -0.05) is 18.2 Å². The van der Waals surface area contributed by atoms with E-state index in [4.69, 9.17) is 0 Å². The van der Waals surface area contributed by atoms with Crippen molar-refractivity contribution in [3.63, 3.8) is 0 Å². The molecule has 1 saturated carbocycles. The minimum Gasteiger partial charge on any atom is -0.353 e. The number of carbonyl (C=O) groups is 1. The lowest BCUT2D eigenvalue weighted by atomic mass is 10.1. The molecule has 4 nitrogen and oxygen atoms in total. The molecule has 0 spiro atoms. The van der Waals surface area contributed by atoms with Crippen molar-refractivity contribution in [2.45, 2.75) is 49.0 Å². The molecule has 2 aromatic carbocycles. The molecule has 2 aliphatic carbocycles. The van der Waals surface area contributed by atoms with Crippen LogP contribution in [-0.4, -0.2) is 26.1 Å². The fourth-order valence-corrected chi connectivity index (χ4v) is 5.09. The second-order valence-corrected chi connectivity index (χ2v) is 9.53. The Kier molecular flexibility index (Phi) is 4.76. The maximum atomic E-state index is 13.0. The van der Waals surface area contributed by atoms with Gasteiger partial charge < -0.3 is 5.32 Å². The van der Waals surface area contributed by atoms with Crippen molar-refractivity contribution in [2.24, 2.45) is 0 Å². The Balaban J connectivity index is 1.31. The Labute approximate surface area is 158 Å². The Morgan fingerprint density at radius 2 is 1.81 bits per heavy atom. The van der Waals surface area contributed by atoms with Gasteiger partial charge in [0.05, 0.1) is 10.6 Å². The van der Waals surface area contributed by atoms with Gasteiger partial charge in [0.1, 0.15) is 5.82 Å². The van der Waals surface area contributed by atoms with Crippen molar-refractivity contribution >= 4 is 15.7 Å². The standard InChI is InChI=1S/C21H22FNO3S/c22-17-7-4-15(5-8-17)19-13-20(19)23-21(24)10-11-27(25,26)18-9-6-14-2-1-3-16(14)12-18/h4-9,12,19-20H,1-3,10-11,13H2,(H,23,24)/t19-,20-/m0/s1. The molecule has 0 heterocycles. The third-order valence-electron chi connectivity index (χ3n) is 5.46. The van der Waals surface area contributed by atoms with Gasteiger partial charge in [0.2, 0.25) is 5.91 Å². The van der Waals surface area contributed by atoms with E-state index in [1.54, 1.807) is 24.3 Å². The number of carbonyl (C=O) groups excluding carboxylic acids is 1. The lowest BCUT2D eigenvalue weighted by molar-refractivity contribution is -0.120. The van der Waals surface area contributed by atoms with E-state index in [0.29, 0.717) is 4.90 Å². The zero-order valence-corrected chi connectivity index (χ0v) is 15.8. The first-order valence-electron chi connectivity index (χ1n) is 9.32. The monoisotopic (exact) mass is 387 g/mol. The van der Waals surface area contributed by atoms with Gasteiger partial charge in [-0.15, -0.1) is 0 Å². The Hall–Kier alpha value is -2.21. The molecule has 1 fully saturated rings. The number of halogens is 1. The summed E-state index contributed by atoms with van der Waals surface area (Å²) >= 11 is 0. The molecule has 1 amide bonds. The summed E-state index contributed by atoms with van der Waals surface area (Å²) in [4.78, 5) is 12.5. The molecule has 4 rings (SSSR count). The zero-order valence-electron chi connectivity index (χ0n) is 14.9. The van der Waals surface area contributed by atoms with E-state index in [2.05, 4.69) is 5.32 Å². The average Bonchev–Trinajstić information content (AvgIpc) is 3.24. The van der Waals surface area contributed by atoms with Crippen LogP contribution in [0.25, 0.3) is 0 Å². The van der Waals surface area contributed by atoms with Gasteiger partial charge in [0.15, 0.2) is 9.84 Å². The third kappa shape index (κ3) is 4.05. The molecule has 1 N–H and O–H groups in total. The highest BCUT2D eigenvalue weighted by Gasteiger charge is 2.39. The number of fused-ring (bicyclic) bond motifs is 1. The summed E-state index contributed by atoms with van der Waals surface area (Å²) in [5.74, 6) is -0.542. The van der Waals surface area contributed by atoms with E-state index in [9.17, 15) is 17.6 Å². The fourth-order valence-electron chi connectivity index (χ4n) is 3.80.